The van der Waals surface area contributed by atoms with E-state index in [2.05, 4.69) is 0 Å². The van der Waals surface area contributed by atoms with Gasteiger partial charge in [-0.05, 0) is 11.4 Å². The molecule has 0 aliphatic carbocycles. The lowest BCUT2D eigenvalue weighted by molar-refractivity contribution is -0.137. The van der Waals surface area contributed by atoms with Gasteiger partial charge in [-0.3, -0.25) is 23.7 Å². The third-order valence-electron chi connectivity index (χ3n) is 5.78. The van der Waals surface area contributed by atoms with E-state index < -0.39 is 34.9 Å². The Morgan fingerprint density at radius 2 is 1.91 bits per heavy atom. The third-order valence-corrected chi connectivity index (χ3v) is 9.34. The number of imide groups is 3. The second kappa shape index (κ2) is 8.14. The van der Waals surface area contributed by atoms with Crippen molar-refractivity contribution < 1.29 is 23.9 Å². The van der Waals surface area contributed by atoms with Crippen molar-refractivity contribution in [2.24, 2.45) is 11.7 Å². The minimum atomic E-state index is -1.11. The maximum Gasteiger partial charge on any atom is 0.328 e. The lowest BCUT2D eigenvalue weighted by Crippen LogP contribution is -2.43. The fraction of sp³-hybridized carbons (Fsp3) is 0.421. The number of likely N-dealkylation sites (tertiary alicyclic amines) is 1. The molecule has 32 heavy (non-hydrogen) atoms. The van der Waals surface area contributed by atoms with Crippen LogP contribution in [0.4, 0.5) is 4.79 Å². The summed E-state index contributed by atoms with van der Waals surface area (Å²) >= 11 is 3.44. The number of carbonyl (C=O) groups is 4. The average Bonchev–Trinajstić information content (AvgIpc) is 3.46. The van der Waals surface area contributed by atoms with E-state index in [1.165, 1.54) is 15.9 Å². The number of ether oxygens (including phenoxy) is 1. The zero-order valence-corrected chi connectivity index (χ0v) is 19.0. The number of nitrogens with two attached hydrogens (primary N) is 1. The van der Waals surface area contributed by atoms with E-state index in [1.807, 2.05) is 17.5 Å². The number of fused-ring (bicyclic) bond motifs is 2. The number of primary amides is 1. The van der Waals surface area contributed by atoms with Crippen LogP contribution in [0.25, 0.3) is 0 Å². The molecule has 0 saturated carbocycles. The van der Waals surface area contributed by atoms with Crippen LogP contribution in [0.1, 0.15) is 15.7 Å². The van der Waals surface area contributed by atoms with Gasteiger partial charge in [-0.2, -0.15) is 4.90 Å². The van der Waals surface area contributed by atoms with Crippen molar-refractivity contribution in [3.8, 4) is 0 Å². The van der Waals surface area contributed by atoms with Crippen LogP contribution in [0.15, 0.2) is 27.3 Å². The van der Waals surface area contributed by atoms with E-state index in [4.69, 9.17) is 10.5 Å². The summed E-state index contributed by atoms with van der Waals surface area (Å²) < 4.78 is 6.66. The Balaban J connectivity index is 1.57. The number of hydrogen-bond donors (Lipinski definition) is 1. The van der Waals surface area contributed by atoms with E-state index >= 15 is 0 Å². The molecule has 3 aliphatic rings. The van der Waals surface area contributed by atoms with Crippen LogP contribution in [0.5, 0.6) is 0 Å². The Morgan fingerprint density at radius 1 is 1.16 bits per heavy atom. The second-order valence-corrected chi connectivity index (χ2v) is 10.6. The molecule has 2 N–H and O–H groups in total. The van der Waals surface area contributed by atoms with Crippen LogP contribution in [-0.4, -0.2) is 69.7 Å². The van der Waals surface area contributed by atoms with Crippen LogP contribution >= 0.6 is 34.4 Å². The minimum absolute atomic E-state index is 0.159. The molecule has 2 fully saturated rings. The van der Waals surface area contributed by atoms with Crippen LogP contribution < -0.4 is 10.6 Å². The normalized spacial score (nSPS) is 25.1. The van der Waals surface area contributed by atoms with Crippen molar-refractivity contribution in [2.75, 3.05) is 26.3 Å². The Labute approximate surface area is 193 Å². The summed E-state index contributed by atoms with van der Waals surface area (Å²) in [6.45, 7) is 1.64. The molecule has 13 heteroatoms. The van der Waals surface area contributed by atoms with Crippen molar-refractivity contribution >= 4 is 58.2 Å². The van der Waals surface area contributed by atoms with Gasteiger partial charge in [0.1, 0.15) is 11.8 Å². The van der Waals surface area contributed by atoms with Crippen LogP contribution in [-0.2, 0) is 25.7 Å². The minimum Gasteiger partial charge on any atom is -0.378 e. The fourth-order valence-electron chi connectivity index (χ4n) is 4.30. The molecule has 168 valence electrons. The highest BCUT2D eigenvalue weighted by molar-refractivity contribution is 8.00. The molecule has 5 rings (SSSR count). The average molecular weight is 495 g/mol. The van der Waals surface area contributed by atoms with Crippen molar-refractivity contribution in [1.82, 2.24) is 14.4 Å². The van der Waals surface area contributed by atoms with E-state index in [0.717, 1.165) is 28.0 Å². The standard InChI is InChI=1S/C19H18N4O6S3/c20-18(27)23-15(25)12-11(9-2-1-7-30-9)14-17(31-13(12)16(23)26)22(19(28)32-14)8-10(24)21-3-5-29-6-4-21/h1-2,7,11-13H,3-6,8H2,(H2,20,27)/t11-,12?,13?/m0/s1. The first-order valence-electron chi connectivity index (χ1n) is 9.85. The summed E-state index contributed by atoms with van der Waals surface area (Å²) in [5.74, 6) is -2.95. The molecular weight excluding hydrogens is 476 g/mol. The number of thiophene rings is 1. The fourth-order valence-corrected chi connectivity index (χ4v) is 8.02. The van der Waals surface area contributed by atoms with Gasteiger partial charge in [-0.1, -0.05) is 29.2 Å². The third kappa shape index (κ3) is 3.31. The van der Waals surface area contributed by atoms with Gasteiger partial charge in [-0.15, -0.1) is 11.3 Å². The second-order valence-electron chi connectivity index (χ2n) is 7.52. The summed E-state index contributed by atoms with van der Waals surface area (Å²) in [6, 6.07) is 2.55. The molecular formula is C19H18N4O6S3. The highest BCUT2D eigenvalue weighted by Gasteiger charge is 2.58. The van der Waals surface area contributed by atoms with Crippen LogP contribution in [0.3, 0.4) is 0 Å². The lowest BCUT2D eigenvalue weighted by Gasteiger charge is -2.30. The van der Waals surface area contributed by atoms with Crippen molar-refractivity contribution in [1.29, 1.82) is 0 Å². The molecule has 0 aromatic carbocycles. The van der Waals surface area contributed by atoms with Gasteiger partial charge in [0.15, 0.2) is 0 Å². The molecule has 3 atom stereocenters. The number of amides is 5. The largest absolute Gasteiger partial charge is 0.378 e. The molecule has 3 aliphatic heterocycles. The molecule has 5 heterocycles. The van der Waals surface area contributed by atoms with Gasteiger partial charge < -0.3 is 15.4 Å². The molecule has 0 spiro atoms. The molecule has 5 amide bonds. The summed E-state index contributed by atoms with van der Waals surface area (Å²) in [4.78, 5) is 66.7. The highest BCUT2D eigenvalue weighted by atomic mass is 32.2. The number of nitrogens with zero attached hydrogens (tertiary/aromatic N) is 3. The SMILES string of the molecule is NC(=O)N1C(=O)C2Sc3c(sc(=O)n3CC(=O)N3CCOCC3)[C@@H](c3cccs3)C2C1=O. The van der Waals surface area contributed by atoms with Crippen LogP contribution in [0.2, 0.25) is 0 Å². The highest BCUT2D eigenvalue weighted by Crippen LogP contribution is 2.53. The van der Waals surface area contributed by atoms with Gasteiger partial charge in [0.25, 0.3) is 5.91 Å². The van der Waals surface area contributed by atoms with Crippen molar-refractivity contribution in [3.63, 3.8) is 0 Å². The summed E-state index contributed by atoms with van der Waals surface area (Å²) in [5, 5.41) is 1.45. The number of thioether (sulfide) groups is 1. The zero-order valence-electron chi connectivity index (χ0n) is 16.6. The van der Waals surface area contributed by atoms with Crippen LogP contribution in [0, 0.1) is 5.92 Å². The van der Waals surface area contributed by atoms with Gasteiger partial charge in [0.2, 0.25) is 11.8 Å². The van der Waals surface area contributed by atoms with Gasteiger partial charge >= 0.3 is 10.9 Å². The number of hydrogen-bond acceptors (Lipinski definition) is 9. The first kappa shape index (κ1) is 21.4. The zero-order chi connectivity index (χ0) is 22.6. The topological polar surface area (TPSA) is 132 Å². The Kier molecular flexibility index (Phi) is 5.43. The van der Waals surface area contributed by atoms with Gasteiger partial charge in [0.05, 0.1) is 24.2 Å². The molecule has 2 aromatic rings. The molecule has 2 aromatic heterocycles. The first-order valence-corrected chi connectivity index (χ1v) is 12.4. The van der Waals surface area contributed by atoms with Gasteiger partial charge in [-0.25, -0.2) is 4.79 Å². The molecule has 10 nitrogen and oxygen atoms in total. The smallest absolute Gasteiger partial charge is 0.328 e. The number of aromatic nitrogens is 1. The molecule has 2 unspecified atom stereocenters. The predicted octanol–water partition coefficient (Wildman–Crippen LogP) is 0.500. The van der Waals surface area contributed by atoms with Gasteiger partial charge in [0, 0.05) is 28.8 Å². The number of rotatable bonds is 3. The quantitative estimate of drug-likeness (QED) is 0.615. The lowest BCUT2D eigenvalue weighted by atomic mass is 9.87. The van der Waals surface area contributed by atoms with E-state index in [1.54, 1.807) is 4.90 Å². The summed E-state index contributed by atoms with van der Waals surface area (Å²) in [6.07, 6.45) is 0. The molecule has 0 radical (unpaired) electrons. The van der Waals surface area contributed by atoms with E-state index in [9.17, 15) is 24.0 Å². The number of thiazole rings is 1. The van der Waals surface area contributed by atoms with E-state index in [0.29, 0.717) is 41.1 Å². The van der Waals surface area contributed by atoms with Crippen molar-refractivity contribution in [3.05, 3.63) is 36.9 Å². The monoisotopic (exact) mass is 494 g/mol. The Bertz CT molecular complexity index is 1170. The summed E-state index contributed by atoms with van der Waals surface area (Å²) in [5.41, 5.74) is 5.31. The summed E-state index contributed by atoms with van der Waals surface area (Å²) in [7, 11) is 0. The maximum absolute atomic E-state index is 13.0. The predicted molar refractivity (Wildman–Crippen MR) is 117 cm³/mol. The Morgan fingerprint density at radius 3 is 2.56 bits per heavy atom. The maximum atomic E-state index is 13.0. The Hall–Kier alpha value is -2.48. The number of morpholine rings is 1. The molecule has 2 saturated heterocycles. The van der Waals surface area contributed by atoms with Crippen molar-refractivity contribution in [2.45, 2.75) is 22.7 Å². The number of urea groups is 1. The van der Waals surface area contributed by atoms with E-state index in [-0.39, 0.29) is 17.3 Å². The number of carbonyl (C=O) groups excluding carboxylic acids is 4. The molecule has 0 bridgehead atoms. The first-order chi connectivity index (χ1) is 15.4.